The number of hydrazone groups is 1. The minimum absolute atomic E-state index is 0.421. The van der Waals surface area contributed by atoms with Crippen molar-refractivity contribution in [2.45, 2.75) is 20.8 Å². The van der Waals surface area contributed by atoms with Gasteiger partial charge in [0.2, 0.25) is 0 Å². The van der Waals surface area contributed by atoms with Crippen molar-refractivity contribution in [3.63, 3.8) is 0 Å². The molecule has 0 spiro atoms. The van der Waals surface area contributed by atoms with Crippen molar-refractivity contribution in [1.82, 2.24) is 9.99 Å². The molecule has 0 saturated carbocycles. The van der Waals surface area contributed by atoms with Crippen LogP contribution in [-0.4, -0.2) is 29.7 Å². The van der Waals surface area contributed by atoms with Crippen LogP contribution in [0.5, 0.6) is 5.75 Å². The molecule has 2 N–H and O–H groups in total. The van der Waals surface area contributed by atoms with Crippen LogP contribution in [0.1, 0.15) is 22.5 Å². The summed E-state index contributed by atoms with van der Waals surface area (Å²) in [6.45, 7) is 5.84. The van der Waals surface area contributed by atoms with E-state index in [2.05, 4.69) is 36.3 Å². The first-order valence-corrected chi connectivity index (χ1v) is 10.3. The molecule has 2 amide bonds. The van der Waals surface area contributed by atoms with Gasteiger partial charge in [0.05, 0.1) is 19.0 Å². The van der Waals surface area contributed by atoms with Gasteiger partial charge in [-0.15, -0.1) is 0 Å². The van der Waals surface area contributed by atoms with Gasteiger partial charge in [-0.3, -0.25) is 9.59 Å². The van der Waals surface area contributed by atoms with Crippen molar-refractivity contribution >= 4 is 39.6 Å². The van der Waals surface area contributed by atoms with Crippen LogP contribution < -0.4 is 15.5 Å². The molecule has 0 fully saturated rings. The highest BCUT2D eigenvalue weighted by molar-refractivity contribution is 9.10. The summed E-state index contributed by atoms with van der Waals surface area (Å²) in [7, 11) is 1.50. The Morgan fingerprint density at radius 3 is 2.55 bits per heavy atom. The number of anilines is 1. The molecule has 3 rings (SSSR count). The van der Waals surface area contributed by atoms with E-state index < -0.39 is 11.8 Å². The van der Waals surface area contributed by atoms with Crippen LogP contribution in [0.25, 0.3) is 5.69 Å². The summed E-state index contributed by atoms with van der Waals surface area (Å²) in [6, 6.07) is 15.2. The molecule has 0 unspecified atom stereocenters. The topological polar surface area (TPSA) is 84.7 Å². The Morgan fingerprint density at radius 1 is 1.06 bits per heavy atom. The van der Waals surface area contributed by atoms with E-state index in [1.165, 1.54) is 13.3 Å². The second-order valence-electron chi connectivity index (χ2n) is 7.00. The van der Waals surface area contributed by atoms with E-state index in [9.17, 15) is 9.59 Å². The Morgan fingerprint density at radius 2 is 1.84 bits per heavy atom. The first-order valence-electron chi connectivity index (χ1n) is 9.54. The number of methoxy groups -OCH3 is 1. The maximum Gasteiger partial charge on any atom is 0.329 e. The molecular weight excluding hydrogens is 460 g/mol. The number of halogens is 1. The molecule has 1 heterocycles. The highest BCUT2D eigenvalue weighted by atomic mass is 79.9. The van der Waals surface area contributed by atoms with Gasteiger partial charge in [0.1, 0.15) is 5.75 Å². The number of nitrogens with zero attached hydrogens (tertiary/aromatic N) is 2. The van der Waals surface area contributed by atoms with Crippen LogP contribution in [0.3, 0.4) is 0 Å². The average molecular weight is 483 g/mol. The van der Waals surface area contributed by atoms with Crippen molar-refractivity contribution in [3.05, 3.63) is 75.5 Å². The SMILES string of the molecule is COc1ccc(C)cc1NC(=O)C(=O)N/N=C\c1cc(C)n(-c2cccc(Br)c2)c1C. The molecular formula is C23H23BrN4O3. The van der Waals surface area contributed by atoms with Gasteiger partial charge in [-0.1, -0.05) is 28.1 Å². The third-order valence-electron chi connectivity index (χ3n) is 4.72. The molecule has 1 aromatic heterocycles. The lowest BCUT2D eigenvalue weighted by Gasteiger charge is -2.10. The largest absolute Gasteiger partial charge is 0.495 e. The Bertz CT molecular complexity index is 1170. The van der Waals surface area contributed by atoms with E-state index in [0.29, 0.717) is 11.4 Å². The zero-order valence-corrected chi connectivity index (χ0v) is 19.3. The van der Waals surface area contributed by atoms with Crippen molar-refractivity contribution in [1.29, 1.82) is 0 Å². The van der Waals surface area contributed by atoms with Crippen molar-refractivity contribution < 1.29 is 14.3 Å². The van der Waals surface area contributed by atoms with Crippen LogP contribution >= 0.6 is 15.9 Å². The summed E-state index contributed by atoms with van der Waals surface area (Å²) in [5, 5.41) is 6.50. The Balaban J connectivity index is 1.69. The van der Waals surface area contributed by atoms with E-state index in [-0.39, 0.29) is 0 Å². The highest BCUT2D eigenvalue weighted by Gasteiger charge is 2.16. The van der Waals surface area contributed by atoms with Gasteiger partial charge in [-0.2, -0.15) is 5.10 Å². The lowest BCUT2D eigenvalue weighted by molar-refractivity contribution is -0.136. The van der Waals surface area contributed by atoms with Gasteiger partial charge in [0.15, 0.2) is 0 Å². The Labute approximate surface area is 189 Å². The molecule has 0 aliphatic heterocycles. The fourth-order valence-corrected chi connectivity index (χ4v) is 3.63. The minimum Gasteiger partial charge on any atom is -0.495 e. The predicted molar refractivity (Wildman–Crippen MR) is 125 cm³/mol. The molecule has 3 aromatic rings. The van der Waals surface area contributed by atoms with E-state index >= 15 is 0 Å². The number of nitrogens with one attached hydrogen (secondary N) is 2. The number of aryl methyl sites for hydroxylation is 2. The van der Waals surface area contributed by atoms with Gasteiger partial charge in [-0.05, 0) is 62.7 Å². The van der Waals surface area contributed by atoms with E-state index in [1.807, 2.05) is 57.2 Å². The summed E-state index contributed by atoms with van der Waals surface area (Å²) in [4.78, 5) is 24.4. The Kier molecular flexibility index (Phi) is 6.91. The second kappa shape index (κ2) is 9.61. The predicted octanol–water partition coefficient (Wildman–Crippen LogP) is 4.26. The Hall–Kier alpha value is -3.39. The molecule has 0 atom stereocenters. The fourth-order valence-electron chi connectivity index (χ4n) is 3.24. The highest BCUT2D eigenvalue weighted by Crippen LogP contribution is 2.25. The molecule has 160 valence electrons. The lowest BCUT2D eigenvalue weighted by atomic mass is 10.2. The third-order valence-corrected chi connectivity index (χ3v) is 5.21. The van der Waals surface area contributed by atoms with E-state index in [0.717, 1.165) is 32.7 Å². The fraction of sp³-hybridized carbons (Fsp3) is 0.174. The summed E-state index contributed by atoms with van der Waals surface area (Å²) in [5.41, 5.74) is 7.44. The zero-order chi connectivity index (χ0) is 22.5. The molecule has 7 nitrogen and oxygen atoms in total. The summed E-state index contributed by atoms with van der Waals surface area (Å²) >= 11 is 3.49. The van der Waals surface area contributed by atoms with Gasteiger partial charge in [0, 0.05) is 27.1 Å². The number of ether oxygens (including phenoxy) is 1. The molecule has 8 heteroatoms. The number of aromatic nitrogens is 1. The average Bonchev–Trinajstić information content (AvgIpc) is 3.01. The summed E-state index contributed by atoms with van der Waals surface area (Å²) in [6.07, 6.45) is 1.52. The maximum absolute atomic E-state index is 12.2. The minimum atomic E-state index is -0.874. The maximum atomic E-state index is 12.2. The quantitative estimate of drug-likeness (QED) is 0.323. The van der Waals surface area contributed by atoms with Crippen LogP contribution in [0.4, 0.5) is 5.69 Å². The number of rotatable bonds is 5. The van der Waals surface area contributed by atoms with E-state index in [1.54, 1.807) is 12.1 Å². The lowest BCUT2D eigenvalue weighted by Crippen LogP contribution is -2.32. The van der Waals surface area contributed by atoms with Gasteiger partial charge in [0.25, 0.3) is 0 Å². The molecule has 0 bridgehead atoms. The number of carbonyl (C=O) groups excluding carboxylic acids is 2. The van der Waals surface area contributed by atoms with Crippen LogP contribution in [0, 0.1) is 20.8 Å². The van der Waals surface area contributed by atoms with Gasteiger partial charge >= 0.3 is 11.8 Å². The first kappa shape index (κ1) is 22.3. The van der Waals surface area contributed by atoms with E-state index in [4.69, 9.17) is 4.74 Å². The third kappa shape index (κ3) is 5.21. The molecule has 0 aliphatic carbocycles. The van der Waals surface area contributed by atoms with Crippen molar-refractivity contribution in [3.8, 4) is 11.4 Å². The number of benzene rings is 2. The molecule has 31 heavy (non-hydrogen) atoms. The number of carbonyl (C=O) groups is 2. The normalized spacial score (nSPS) is 10.9. The summed E-state index contributed by atoms with van der Waals surface area (Å²) < 4.78 is 8.28. The smallest absolute Gasteiger partial charge is 0.329 e. The van der Waals surface area contributed by atoms with Crippen molar-refractivity contribution in [2.75, 3.05) is 12.4 Å². The number of amides is 2. The molecule has 2 aromatic carbocycles. The number of hydrogen-bond donors (Lipinski definition) is 2. The molecule has 0 radical (unpaired) electrons. The summed E-state index contributed by atoms with van der Waals surface area (Å²) in [5.74, 6) is -1.24. The monoisotopic (exact) mass is 482 g/mol. The van der Waals surface area contributed by atoms with Crippen LogP contribution in [0.2, 0.25) is 0 Å². The van der Waals surface area contributed by atoms with Crippen LogP contribution in [0.15, 0.2) is 58.1 Å². The van der Waals surface area contributed by atoms with Crippen molar-refractivity contribution in [2.24, 2.45) is 5.10 Å². The zero-order valence-electron chi connectivity index (χ0n) is 17.7. The number of hydrogen-bond acceptors (Lipinski definition) is 4. The molecule has 0 saturated heterocycles. The van der Waals surface area contributed by atoms with Crippen LogP contribution in [-0.2, 0) is 9.59 Å². The first-order chi connectivity index (χ1) is 14.8. The standard InChI is InChI=1S/C23H23BrN4O3/c1-14-8-9-21(31-4)20(10-14)26-22(29)23(30)27-25-13-17-11-15(2)28(16(17)3)19-7-5-6-18(24)12-19/h5-13H,1-4H3,(H,26,29)(H,27,30)/b25-13-. The van der Waals surface area contributed by atoms with Gasteiger partial charge in [-0.25, -0.2) is 5.43 Å². The van der Waals surface area contributed by atoms with Gasteiger partial charge < -0.3 is 14.6 Å². The second-order valence-corrected chi connectivity index (χ2v) is 7.91. The molecule has 0 aliphatic rings.